The van der Waals surface area contributed by atoms with Crippen molar-refractivity contribution in [3.8, 4) is 28.4 Å². The number of nitrogens with one attached hydrogen (secondary N) is 2. The van der Waals surface area contributed by atoms with Crippen LogP contribution in [0.1, 0.15) is 126 Å². The molecule has 2 atom stereocenters. The fraction of sp³-hybridized carbons (Fsp3) is 0.518. The Kier molecular flexibility index (Phi) is 16.3. The quantitative estimate of drug-likeness (QED) is 0.0503. The first-order valence-corrected chi connectivity index (χ1v) is 26.5. The highest BCUT2D eigenvalue weighted by atomic mass is 16.6. The van der Waals surface area contributed by atoms with Gasteiger partial charge >= 0.3 is 24.2 Å². The SMILES string of the molecule is CC(C)[C@H](NC(=O)OC(C)(C)C)C(=O)Oc1ccccc1-c1cc(-n2cc(N3CC[N+](=C4CCC(c5cccc6c5OCCN6C5CCC(=O)N(C(=O)OC(C)(C)C)C5=O)CC4)CC3=O)cn2)c(NC(=O)OC(C)(C)C)nn1. The topological polar surface area (TPSA) is 246 Å². The summed E-state index contributed by atoms with van der Waals surface area (Å²) in [5, 5.41) is 18.7. The van der Waals surface area contributed by atoms with E-state index in [0.29, 0.717) is 48.1 Å². The number of esters is 1. The van der Waals surface area contributed by atoms with Gasteiger partial charge in [-0.25, -0.2) is 28.4 Å². The normalized spacial score (nSPS) is 18.7. The molecule has 6 amide bonds. The number of alkyl carbamates (subject to hydrolysis) is 1. The summed E-state index contributed by atoms with van der Waals surface area (Å²) in [5.74, 6) is -1.39. The zero-order valence-corrected chi connectivity index (χ0v) is 46.3. The van der Waals surface area contributed by atoms with Gasteiger partial charge in [0.2, 0.25) is 12.5 Å². The average Bonchev–Trinajstić information content (AvgIpc) is 3.97. The van der Waals surface area contributed by atoms with Gasteiger partial charge in [0.1, 0.15) is 52.7 Å². The summed E-state index contributed by atoms with van der Waals surface area (Å²) in [4.78, 5) is 97.5. The summed E-state index contributed by atoms with van der Waals surface area (Å²) >= 11 is 0. The van der Waals surface area contributed by atoms with Gasteiger partial charge in [0.25, 0.3) is 11.8 Å². The van der Waals surface area contributed by atoms with Crippen LogP contribution in [0.2, 0.25) is 0 Å². The van der Waals surface area contributed by atoms with Crippen molar-refractivity contribution in [2.75, 3.05) is 47.9 Å². The van der Waals surface area contributed by atoms with Crippen molar-refractivity contribution in [2.24, 2.45) is 5.92 Å². The van der Waals surface area contributed by atoms with Gasteiger partial charge in [-0.15, -0.1) is 10.2 Å². The molecule has 0 radical (unpaired) electrons. The number of benzene rings is 2. The van der Waals surface area contributed by atoms with E-state index in [1.54, 1.807) is 124 Å². The summed E-state index contributed by atoms with van der Waals surface area (Å²) < 4.78 is 32.2. The van der Waals surface area contributed by atoms with Crippen molar-refractivity contribution < 1.29 is 61.8 Å². The molecule has 22 heteroatoms. The Bertz CT molecular complexity index is 3010. The number of piperazine rings is 1. The van der Waals surface area contributed by atoms with E-state index in [-0.39, 0.29) is 60.1 Å². The molecule has 1 unspecified atom stereocenters. The van der Waals surface area contributed by atoms with Crippen LogP contribution < -0.4 is 29.9 Å². The molecule has 1 aliphatic carbocycles. The van der Waals surface area contributed by atoms with E-state index in [4.69, 9.17) is 23.7 Å². The van der Waals surface area contributed by atoms with Gasteiger partial charge < -0.3 is 33.9 Å². The first-order valence-electron chi connectivity index (χ1n) is 26.5. The van der Waals surface area contributed by atoms with Gasteiger partial charge in [0.05, 0.1) is 42.6 Å². The molecule has 3 fully saturated rings. The van der Waals surface area contributed by atoms with Crippen LogP contribution in [0.3, 0.4) is 0 Å². The third-order valence-electron chi connectivity index (χ3n) is 13.4. The Morgan fingerprint density at radius 3 is 2.15 bits per heavy atom. The van der Waals surface area contributed by atoms with E-state index in [1.165, 1.54) is 10.4 Å². The van der Waals surface area contributed by atoms with Gasteiger partial charge in [0.15, 0.2) is 18.1 Å². The van der Waals surface area contributed by atoms with Gasteiger partial charge in [-0.3, -0.25) is 24.6 Å². The molecule has 8 rings (SSSR count). The number of likely N-dealkylation sites (tertiary alicyclic amines) is 1. The van der Waals surface area contributed by atoms with Crippen molar-refractivity contribution >= 4 is 64.9 Å². The summed E-state index contributed by atoms with van der Waals surface area (Å²) in [6.45, 7) is 20.8. The average molecular weight is 1080 g/mol. The number of ether oxygens (including phenoxy) is 5. The Labute approximate surface area is 453 Å². The first-order chi connectivity index (χ1) is 36.7. The van der Waals surface area contributed by atoms with E-state index in [2.05, 4.69) is 36.6 Å². The zero-order valence-electron chi connectivity index (χ0n) is 46.3. The molecule has 2 saturated heterocycles. The lowest BCUT2D eigenvalue weighted by molar-refractivity contribution is -0.520. The lowest BCUT2D eigenvalue weighted by Gasteiger charge is -2.41. The Hall–Kier alpha value is -7.91. The lowest BCUT2D eigenvalue weighted by atomic mass is 9.82. The third-order valence-corrected chi connectivity index (χ3v) is 13.4. The molecule has 2 aromatic carbocycles. The Morgan fingerprint density at radius 1 is 0.782 bits per heavy atom. The fourth-order valence-electron chi connectivity index (χ4n) is 9.92. The number of imide groups is 3. The maximum atomic E-state index is 14.1. The number of piperidine rings is 1. The maximum absolute atomic E-state index is 14.1. The zero-order chi connectivity index (χ0) is 56.4. The number of para-hydroxylation sites is 2. The summed E-state index contributed by atoms with van der Waals surface area (Å²) in [6.07, 6.45) is 4.19. The number of nitrogens with zero attached hydrogens (tertiary/aromatic N) is 8. The highest BCUT2D eigenvalue weighted by Crippen LogP contribution is 2.45. The predicted molar refractivity (Wildman–Crippen MR) is 287 cm³/mol. The summed E-state index contributed by atoms with van der Waals surface area (Å²) in [6, 6.07) is 12.5. The van der Waals surface area contributed by atoms with Crippen molar-refractivity contribution in [1.29, 1.82) is 0 Å². The van der Waals surface area contributed by atoms with Gasteiger partial charge in [0, 0.05) is 24.8 Å². The van der Waals surface area contributed by atoms with Crippen LogP contribution in [-0.4, -0.2) is 139 Å². The molecule has 0 spiro atoms. The van der Waals surface area contributed by atoms with Crippen LogP contribution in [0.25, 0.3) is 16.9 Å². The fourth-order valence-corrected chi connectivity index (χ4v) is 9.92. The van der Waals surface area contributed by atoms with E-state index in [1.807, 2.05) is 17.0 Å². The minimum atomic E-state index is -1.05. The minimum Gasteiger partial charge on any atom is -0.489 e. The van der Waals surface area contributed by atoms with Crippen LogP contribution in [0.4, 0.5) is 31.6 Å². The molecule has 2 aromatic heterocycles. The molecule has 416 valence electrons. The maximum Gasteiger partial charge on any atom is 0.424 e. The molecule has 0 bridgehead atoms. The molecule has 5 heterocycles. The number of fused-ring (bicyclic) bond motifs is 1. The van der Waals surface area contributed by atoms with E-state index >= 15 is 0 Å². The number of carbonyl (C=O) groups excluding carboxylic acids is 7. The van der Waals surface area contributed by atoms with E-state index in [0.717, 1.165) is 36.9 Å². The monoisotopic (exact) mass is 1080 g/mol. The number of rotatable bonds is 10. The predicted octanol–water partition coefficient (Wildman–Crippen LogP) is 7.94. The molecule has 2 N–H and O–H groups in total. The van der Waals surface area contributed by atoms with Gasteiger partial charge in [-0.1, -0.05) is 38.1 Å². The van der Waals surface area contributed by atoms with Crippen LogP contribution in [-0.2, 0) is 33.4 Å². The smallest absolute Gasteiger partial charge is 0.424 e. The Morgan fingerprint density at radius 2 is 1.47 bits per heavy atom. The van der Waals surface area contributed by atoms with Crippen LogP contribution in [0, 0.1) is 5.92 Å². The second kappa shape index (κ2) is 22.6. The van der Waals surface area contributed by atoms with E-state index < -0.39 is 65.0 Å². The number of hydrogen-bond donors (Lipinski definition) is 2. The standard InChI is InChI=1S/C56H70N10O12/c1-33(2)46(58-51(71)76-54(3,4)5)50(70)75-43-18-13-12-15-38(43)39-29-42(48(61-60-39)59-52(72)77-55(6,7)8)65-31-36(30-57-65)63-26-25-62(32-45(63)68)35-21-19-34(20-22-35)37-16-14-17-40-47(37)74-28-27-64(40)41-23-24-44(67)66(49(41)69)53(73)78-56(9,10)11/h12-18,29-31,33-34,41,46H,19-28,32H2,1-11H3,(H-,58,59,61,71,72)/p+1/t34?,41?,46-/m0/s1. The molecular formula is C56H71N10O12+. The summed E-state index contributed by atoms with van der Waals surface area (Å²) in [5.41, 5.74) is 1.90. The lowest BCUT2D eigenvalue weighted by Crippen LogP contribution is -2.58. The molecule has 22 nitrogen and oxygen atoms in total. The third kappa shape index (κ3) is 13.2. The molecule has 3 aliphatic heterocycles. The molecule has 78 heavy (non-hydrogen) atoms. The number of amides is 6. The van der Waals surface area contributed by atoms with Crippen LogP contribution in [0.5, 0.6) is 11.5 Å². The second-order valence-electron chi connectivity index (χ2n) is 23.2. The van der Waals surface area contributed by atoms with E-state index in [9.17, 15) is 33.6 Å². The molecular weight excluding hydrogens is 1000 g/mol. The van der Waals surface area contributed by atoms with Crippen molar-refractivity contribution in [3.63, 3.8) is 0 Å². The number of aromatic nitrogens is 4. The highest BCUT2D eigenvalue weighted by Gasteiger charge is 2.45. The second-order valence-corrected chi connectivity index (χ2v) is 23.2. The van der Waals surface area contributed by atoms with Gasteiger partial charge in [-0.2, -0.15) is 10.00 Å². The van der Waals surface area contributed by atoms with Crippen molar-refractivity contribution in [3.05, 3.63) is 66.5 Å². The largest absolute Gasteiger partial charge is 0.489 e. The summed E-state index contributed by atoms with van der Waals surface area (Å²) in [7, 11) is 0. The first kappa shape index (κ1) is 56.3. The molecule has 4 aromatic rings. The minimum absolute atomic E-state index is 0.00487. The van der Waals surface area contributed by atoms with Crippen LogP contribution >= 0.6 is 0 Å². The van der Waals surface area contributed by atoms with Gasteiger partial charge in [-0.05, 0) is 123 Å². The van der Waals surface area contributed by atoms with Crippen molar-refractivity contribution in [2.45, 2.75) is 149 Å². The number of carbonyl (C=O) groups is 7. The highest BCUT2D eigenvalue weighted by molar-refractivity contribution is 6.13. The molecule has 4 aliphatic rings. The van der Waals surface area contributed by atoms with Crippen molar-refractivity contribution in [1.82, 2.24) is 30.2 Å². The number of hydrogen-bond acceptors (Lipinski definition) is 16. The van der Waals surface area contributed by atoms with Crippen LogP contribution in [0.15, 0.2) is 60.9 Å². The Balaban J connectivity index is 0.967. The molecule has 1 saturated carbocycles. The number of anilines is 3.